The van der Waals surface area contributed by atoms with Gasteiger partial charge in [-0.15, -0.1) is 0 Å². The van der Waals surface area contributed by atoms with Crippen LogP contribution in [0.1, 0.15) is 232 Å². The van der Waals surface area contributed by atoms with Crippen molar-refractivity contribution in [3.8, 4) is 0 Å². The molecule has 3 amide bonds. The van der Waals surface area contributed by atoms with Crippen molar-refractivity contribution in [2.45, 2.75) is 246 Å². The highest BCUT2D eigenvalue weighted by Gasteiger charge is 2.12. The lowest BCUT2D eigenvalue weighted by Crippen LogP contribution is -2.35. The van der Waals surface area contributed by atoms with Crippen LogP contribution in [-0.2, 0) is 195 Å². The Balaban J connectivity index is -0.000000178. The minimum absolute atomic E-state index is 0.193. The molecule has 3 N–H and O–H groups in total. The molecule has 2 aromatic rings. The third-order valence-electron chi connectivity index (χ3n) is 15.6. The molecule has 2 rings (SSSR count). The van der Waals surface area contributed by atoms with Crippen molar-refractivity contribution in [1.82, 2.24) is 16.0 Å². The van der Waals surface area contributed by atoms with Gasteiger partial charge in [-0.2, -0.15) is 0 Å². The second kappa shape index (κ2) is 128. The molecule has 0 aliphatic rings. The lowest BCUT2D eigenvalue weighted by molar-refractivity contribution is -0.152. The van der Waals surface area contributed by atoms with Gasteiger partial charge in [-0.1, -0.05) is 78.7 Å². The molecule has 0 bridgehead atoms. The Morgan fingerprint density at radius 3 is 0.804 bits per heavy atom. The first kappa shape index (κ1) is 156. The number of nitrogens with one attached hydrogen (secondary N) is 3. The number of urea groups is 1. The van der Waals surface area contributed by atoms with Gasteiger partial charge >= 0.3 is 102 Å². The number of hydrogen-bond acceptors (Lipinski definition) is 43. The minimum Gasteiger partial charge on any atom is -0.469 e. The monoisotopic (exact) mass is 2130 g/mol. The Morgan fingerprint density at radius 2 is 0.541 bits per heavy atom. The Morgan fingerprint density at radius 1 is 0.264 bits per heavy atom. The maximum Gasteiger partial charge on any atom is 0.406 e. The van der Waals surface area contributed by atoms with Crippen molar-refractivity contribution < 1.29 is 205 Å². The minimum atomic E-state index is -0.492. The van der Waals surface area contributed by atoms with Crippen molar-refractivity contribution in [3.05, 3.63) is 71.8 Å². The highest BCUT2D eigenvalue weighted by atomic mass is 16.6. The second-order valence-electron chi connectivity index (χ2n) is 29.7. The zero-order valence-corrected chi connectivity index (χ0v) is 92.5. The summed E-state index contributed by atoms with van der Waals surface area (Å²) in [5, 5.41) is 7.39. The number of benzene rings is 2. The summed E-state index contributed by atoms with van der Waals surface area (Å²) in [7, 11) is 6.91. The number of amides is 3. The zero-order chi connectivity index (χ0) is 114. The molecule has 0 aliphatic carbocycles. The summed E-state index contributed by atoms with van der Waals surface area (Å²) in [5.41, 5.74) is 2.64. The third-order valence-corrected chi connectivity index (χ3v) is 15.6. The number of hydrogen-bond donors (Lipinski definition) is 3. The first-order valence-corrected chi connectivity index (χ1v) is 48.8. The SMILES string of the molecule is CC(=O)OCC(C)OCC(C)OC(C)=O.CC(=O)OCCOCCOC(C)=O.CC(=O)OCCOCCOCCOCCOC(C)=O.CCCOCC.CCOCCC(C)=O.CNC(=O)NCCOCCOC(C)=O.COC(=O)CCCCCOC(=O)CCCCCOC(C)=O.COC(=O)CCCCOC(C)=O.COC(=O)CCCCOC(C)=O.COC(=O)NCCOCCOC(C)=O.Cc1ccccc1.Cc1ccccc1. The molecule has 2 unspecified atom stereocenters. The normalized spacial score (nSPS) is 9.92. The van der Waals surface area contributed by atoms with Crippen LogP contribution in [0.5, 0.6) is 0 Å². The van der Waals surface area contributed by atoms with Gasteiger partial charge in [0.05, 0.1) is 153 Å². The molecule has 0 aromatic heterocycles. The Hall–Kier alpha value is -11.7. The number of ether oxygens (including phenoxy) is 25. The van der Waals surface area contributed by atoms with Crippen LogP contribution in [0, 0.1) is 13.8 Å². The van der Waals surface area contributed by atoms with Crippen molar-refractivity contribution in [3.63, 3.8) is 0 Å². The van der Waals surface area contributed by atoms with E-state index < -0.39 is 6.09 Å². The fourth-order valence-corrected chi connectivity index (χ4v) is 8.61. The molecule has 46 heteroatoms. The quantitative estimate of drug-likeness (QED) is 0.0314. The maximum absolute atomic E-state index is 11.4. The molecule has 2 aromatic carbocycles. The molecular formula is C102H179N3O43. The summed E-state index contributed by atoms with van der Waals surface area (Å²) >= 11 is 0. The van der Waals surface area contributed by atoms with Crippen LogP contribution in [0.3, 0.4) is 0 Å². The van der Waals surface area contributed by atoms with E-state index in [0.717, 1.165) is 58.2 Å². The van der Waals surface area contributed by atoms with Gasteiger partial charge in [0, 0.05) is 148 Å². The predicted molar refractivity (Wildman–Crippen MR) is 543 cm³/mol. The fraction of sp³-hybridized carbons (Fsp3) is 0.706. The molecule has 0 fully saturated rings. The number of methoxy groups -OCH3 is 4. The number of rotatable bonds is 65. The second-order valence-corrected chi connectivity index (χ2v) is 29.7. The van der Waals surface area contributed by atoms with Crippen LogP contribution in [0.25, 0.3) is 0 Å². The van der Waals surface area contributed by atoms with Gasteiger partial charge in [0.2, 0.25) is 0 Å². The van der Waals surface area contributed by atoms with Gasteiger partial charge in [-0.05, 0) is 119 Å². The number of alkyl carbamates (subject to hydrolysis) is 1. The summed E-state index contributed by atoms with van der Waals surface area (Å²) in [4.78, 5) is 189. The van der Waals surface area contributed by atoms with E-state index in [1.807, 2.05) is 50.2 Å². The lowest BCUT2D eigenvalue weighted by atomic mass is 10.2. The van der Waals surface area contributed by atoms with E-state index in [1.165, 1.54) is 123 Å². The summed E-state index contributed by atoms with van der Waals surface area (Å²) in [6.45, 7) is 42.1. The van der Waals surface area contributed by atoms with Gasteiger partial charge in [-0.25, -0.2) is 9.59 Å². The highest BCUT2D eigenvalue weighted by molar-refractivity contribution is 5.76. The average Bonchev–Trinajstić information content (AvgIpc) is 1.01. The molecule has 2 atom stereocenters. The van der Waals surface area contributed by atoms with Crippen LogP contribution in [0.4, 0.5) is 9.59 Å². The molecule has 0 radical (unpaired) electrons. The molecular weight excluding hydrogens is 1960 g/mol. The van der Waals surface area contributed by atoms with Gasteiger partial charge in [-0.3, -0.25) is 76.7 Å². The average molecular weight is 2140 g/mol. The summed E-state index contributed by atoms with van der Waals surface area (Å²) < 4.78 is 120. The topological polar surface area (TPSA) is 574 Å². The molecule has 148 heavy (non-hydrogen) atoms. The number of carbonyl (C=O) groups is 18. The Kier molecular flexibility index (Phi) is 135. The van der Waals surface area contributed by atoms with Crippen LogP contribution >= 0.6 is 0 Å². The summed E-state index contributed by atoms with van der Waals surface area (Å²) in [6, 6.07) is 20.3. The molecule has 0 saturated heterocycles. The molecule has 0 spiro atoms. The maximum atomic E-state index is 11.4. The van der Waals surface area contributed by atoms with Crippen LogP contribution < -0.4 is 16.0 Å². The van der Waals surface area contributed by atoms with Gasteiger partial charge in [0.1, 0.15) is 58.1 Å². The standard InChI is InChI=1S/C15H26O6.C12H22O7.C10H18O5.C8H16N2O4.C8H15NO5.C8H14O5.2C8H14O4.2C7H8.C6H12O2.C5H12O/c1-13(16)20-11-7-4-6-10-15(18)21-12-8-3-5-9-14(17)19-2;1-11(13)18-9-7-16-5-3-15-4-6-17-8-10-19-12(2)14;1-7(5-14-9(3)11)13-6-8(2)15-10(4)12;1-7(11)14-6-5-13-4-3-10-8(12)9-2;1-7(10)14-6-5-13-4-3-9-8(11)12-2;1-7(9)12-5-3-11-4-6-13-8(2)10;2*1-7(9)12-6-4-3-5-8(10)11-2;2*1-7-5-3-2-4-6-7;1-3-8-5-4-6(2)7;1-3-5-6-4-2/h3-12H2,1-2H3;3-10H2,1-2H3;7-8H,5-6H2,1-4H3;3-6H2,1-2H3,(H2,9,10,12);3-6H2,1-2H3,(H,9,11);3-6H2,1-2H3;2*3-6H2,1-2H3;2*2-6H,1H3;3-5H2,1-2H3;3-5H2,1-2H3. The number of aryl methyl sites for hydroxylation is 2. The van der Waals surface area contributed by atoms with E-state index in [9.17, 15) is 86.3 Å². The van der Waals surface area contributed by atoms with Crippen molar-refractivity contribution in [2.24, 2.45) is 0 Å². The molecule has 0 heterocycles. The number of carbonyl (C=O) groups excluding carboxylic acids is 18. The lowest BCUT2D eigenvalue weighted by Gasteiger charge is -2.16. The van der Waals surface area contributed by atoms with Crippen molar-refractivity contribution in [1.29, 1.82) is 0 Å². The largest absolute Gasteiger partial charge is 0.469 e. The third kappa shape index (κ3) is 176. The van der Waals surface area contributed by atoms with Crippen LogP contribution in [-0.4, -0.2) is 353 Å². The highest BCUT2D eigenvalue weighted by Crippen LogP contribution is 2.07. The predicted octanol–water partition coefficient (Wildman–Crippen LogP) is 11.2. The first-order chi connectivity index (χ1) is 70.4. The molecule has 860 valence electrons. The number of Topliss-reactive ketones (excluding diaryl/α,β-unsaturated/α-hetero) is 1. The van der Waals surface area contributed by atoms with Crippen molar-refractivity contribution in [2.75, 3.05) is 234 Å². The summed E-state index contributed by atoms with van der Waals surface area (Å²) in [5.74, 6) is -4.12. The molecule has 0 aliphatic heterocycles. The summed E-state index contributed by atoms with van der Waals surface area (Å²) in [6.07, 6.45) is 9.75. The van der Waals surface area contributed by atoms with Crippen molar-refractivity contribution >= 4 is 107 Å². The van der Waals surface area contributed by atoms with Gasteiger partial charge in [0.25, 0.3) is 0 Å². The van der Waals surface area contributed by atoms with Gasteiger partial charge < -0.3 is 134 Å². The van der Waals surface area contributed by atoms with E-state index in [-0.39, 0.29) is 160 Å². The molecule has 46 nitrogen and oxygen atoms in total. The van der Waals surface area contributed by atoms with Crippen LogP contribution in [0.15, 0.2) is 60.7 Å². The van der Waals surface area contributed by atoms with E-state index >= 15 is 0 Å². The number of unbranched alkanes of at least 4 members (excludes halogenated alkanes) is 6. The smallest absolute Gasteiger partial charge is 0.406 e. The van der Waals surface area contributed by atoms with E-state index in [0.29, 0.717) is 196 Å². The van der Waals surface area contributed by atoms with E-state index in [2.05, 4.69) is 118 Å². The van der Waals surface area contributed by atoms with Crippen LogP contribution in [0.2, 0.25) is 0 Å². The Bertz CT molecular complexity index is 3390. The van der Waals surface area contributed by atoms with E-state index in [4.69, 9.17) is 61.6 Å². The van der Waals surface area contributed by atoms with Gasteiger partial charge in [0.15, 0.2) is 0 Å². The number of esters is 15. The molecule has 0 saturated carbocycles. The number of ketones is 1. The fourth-order valence-electron chi connectivity index (χ4n) is 8.61. The Labute approximate surface area is 876 Å². The van der Waals surface area contributed by atoms with E-state index in [1.54, 1.807) is 20.8 Å². The first-order valence-electron chi connectivity index (χ1n) is 48.8. The zero-order valence-electron chi connectivity index (χ0n) is 92.5.